The number of hydrogen-bond donors (Lipinski definition) is 1. The molecule has 0 spiro atoms. The number of carboxylic acids is 1. The van der Waals surface area contributed by atoms with E-state index in [0.29, 0.717) is 30.2 Å². The van der Waals surface area contributed by atoms with Crippen LogP contribution in [0.25, 0.3) is 11.1 Å². The van der Waals surface area contributed by atoms with Gasteiger partial charge in [-0.2, -0.15) is 4.98 Å². The quantitative estimate of drug-likeness (QED) is 0.687. The lowest BCUT2D eigenvalue weighted by molar-refractivity contribution is 0.0697. The highest BCUT2D eigenvalue weighted by atomic mass is 16.5. The lowest BCUT2D eigenvalue weighted by Gasteiger charge is -2.21. The van der Waals surface area contributed by atoms with Crippen molar-refractivity contribution in [2.75, 3.05) is 6.61 Å². The average molecular weight is 379 g/mol. The predicted octanol–water partition coefficient (Wildman–Crippen LogP) is 4.39. The molecule has 1 N–H and O–H groups in total. The smallest absolute Gasteiger partial charge is 0.336 e. The van der Waals surface area contributed by atoms with Gasteiger partial charge in [-0.05, 0) is 50.5 Å². The summed E-state index contributed by atoms with van der Waals surface area (Å²) >= 11 is 0. The summed E-state index contributed by atoms with van der Waals surface area (Å²) in [4.78, 5) is 16.0. The third kappa shape index (κ3) is 4.22. The highest BCUT2D eigenvalue weighted by molar-refractivity contribution is 5.95. The van der Waals surface area contributed by atoms with Crippen LogP contribution >= 0.6 is 0 Å². The summed E-state index contributed by atoms with van der Waals surface area (Å²) in [5, 5.41) is 13.9. The summed E-state index contributed by atoms with van der Waals surface area (Å²) in [5.74, 6) is -0.101. The van der Waals surface area contributed by atoms with Crippen LogP contribution in [0.15, 0.2) is 48.5 Å². The Morgan fingerprint density at radius 2 is 1.79 bits per heavy atom. The van der Waals surface area contributed by atoms with Gasteiger partial charge in [0.15, 0.2) is 0 Å². The molecule has 3 rings (SSSR count). The van der Waals surface area contributed by atoms with Gasteiger partial charge < -0.3 is 9.84 Å². The number of hydrogen-bond acceptors (Lipinski definition) is 4. The minimum absolute atomic E-state index is 0.210. The summed E-state index contributed by atoms with van der Waals surface area (Å²) in [5.41, 5.74) is 2.73. The Kier molecular flexibility index (Phi) is 5.49. The van der Waals surface area contributed by atoms with Crippen LogP contribution in [0.2, 0.25) is 0 Å². The molecule has 0 radical (unpaired) electrons. The molecule has 28 heavy (non-hydrogen) atoms. The van der Waals surface area contributed by atoms with Gasteiger partial charge >= 0.3 is 12.0 Å². The maximum atomic E-state index is 11.5. The molecule has 6 heteroatoms. The van der Waals surface area contributed by atoms with Crippen LogP contribution in [-0.4, -0.2) is 32.4 Å². The number of aromatic carboxylic acids is 1. The average Bonchev–Trinajstić information content (AvgIpc) is 3.05. The summed E-state index contributed by atoms with van der Waals surface area (Å²) in [6, 6.07) is 15.3. The second-order valence-electron chi connectivity index (χ2n) is 7.55. The van der Waals surface area contributed by atoms with Crippen LogP contribution in [0, 0.1) is 0 Å². The predicted molar refractivity (Wildman–Crippen MR) is 108 cm³/mol. The van der Waals surface area contributed by atoms with E-state index in [0.717, 1.165) is 17.0 Å². The summed E-state index contributed by atoms with van der Waals surface area (Å²) < 4.78 is 7.37. The van der Waals surface area contributed by atoms with E-state index in [1.54, 1.807) is 12.1 Å². The molecule has 0 bridgehead atoms. The van der Waals surface area contributed by atoms with Gasteiger partial charge in [0.25, 0.3) is 0 Å². The Hall–Kier alpha value is -3.15. The Morgan fingerprint density at radius 3 is 2.39 bits per heavy atom. The second-order valence-corrected chi connectivity index (χ2v) is 7.55. The minimum atomic E-state index is -0.929. The molecule has 0 amide bonds. The lowest BCUT2D eigenvalue weighted by Crippen LogP contribution is -2.25. The lowest BCUT2D eigenvalue weighted by atomic mass is 9.98. The van der Waals surface area contributed by atoms with Gasteiger partial charge in [0.1, 0.15) is 5.82 Å². The molecule has 6 nitrogen and oxygen atoms in total. The van der Waals surface area contributed by atoms with Crippen molar-refractivity contribution in [3.05, 3.63) is 65.5 Å². The van der Waals surface area contributed by atoms with Crippen molar-refractivity contribution < 1.29 is 14.6 Å². The van der Waals surface area contributed by atoms with E-state index in [1.165, 1.54) is 0 Å². The first kappa shape index (κ1) is 19.6. The molecular formula is C22H25N3O3. The number of ether oxygens (including phenoxy) is 1. The van der Waals surface area contributed by atoms with Crippen molar-refractivity contribution in [2.24, 2.45) is 0 Å². The normalized spacial score (nSPS) is 11.4. The zero-order chi connectivity index (χ0) is 20.3. The zero-order valence-electron chi connectivity index (χ0n) is 16.6. The fourth-order valence-electron chi connectivity index (χ4n) is 3.07. The maximum absolute atomic E-state index is 11.5. The van der Waals surface area contributed by atoms with Gasteiger partial charge in [0.2, 0.25) is 0 Å². The second kappa shape index (κ2) is 7.84. The van der Waals surface area contributed by atoms with E-state index >= 15 is 0 Å². The Bertz CT molecular complexity index is 969. The number of benzene rings is 2. The molecule has 0 unspecified atom stereocenters. The molecule has 2 aromatic carbocycles. The molecule has 0 saturated carbocycles. The monoisotopic (exact) mass is 379 g/mol. The number of rotatable bonds is 6. The fourth-order valence-corrected chi connectivity index (χ4v) is 3.07. The van der Waals surface area contributed by atoms with Crippen molar-refractivity contribution >= 4 is 5.97 Å². The van der Waals surface area contributed by atoms with Crippen molar-refractivity contribution in [3.63, 3.8) is 0 Å². The van der Waals surface area contributed by atoms with Gasteiger partial charge in [-0.1, -0.05) is 42.5 Å². The van der Waals surface area contributed by atoms with Crippen LogP contribution in [0.3, 0.4) is 0 Å². The van der Waals surface area contributed by atoms with Crippen LogP contribution < -0.4 is 4.74 Å². The number of carbonyl (C=O) groups is 1. The van der Waals surface area contributed by atoms with Crippen molar-refractivity contribution in [2.45, 2.75) is 39.7 Å². The van der Waals surface area contributed by atoms with E-state index in [2.05, 4.69) is 30.9 Å². The Labute approximate surface area is 164 Å². The molecule has 146 valence electrons. The SMILES string of the molecule is CCOc1nc(Cc2ccc(-c3ccccc3C(=O)O)cc2)n(C(C)(C)C)n1. The molecule has 3 aromatic rings. The number of carboxylic acid groups (broad SMARTS) is 1. The van der Waals surface area contributed by atoms with Gasteiger partial charge in [-0.25, -0.2) is 9.48 Å². The van der Waals surface area contributed by atoms with E-state index in [-0.39, 0.29) is 5.54 Å². The van der Waals surface area contributed by atoms with Crippen LogP contribution in [0.1, 0.15) is 49.4 Å². The molecule has 0 saturated heterocycles. The zero-order valence-corrected chi connectivity index (χ0v) is 16.6. The molecule has 0 aliphatic rings. The molecule has 1 heterocycles. The molecule has 0 fully saturated rings. The van der Waals surface area contributed by atoms with Crippen LogP contribution in [0.5, 0.6) is 6.01 Å². The number of aromatic nitrogens is 3. The van der Waals surface area contributed by atoms with Gasteiger partial charge in [0, 0.05) is 6.42 Å². The number of nitrogens with zero attached hydrogens (tertiary/aromatic N) is 3. The maximum Gasteiger partial charge on any atom is 0.336 e. The highest BCUT2D eigenvalue weighted by Crippen LogP contribution is 2.25. The molecular weight excluding hydrogens is 354 g/mol. The molecule has 0 aliphatic carbocycles. The van der Waals surface area contributed by atoms with E-state index in [4.69, 9.17) is 4.74 Å². The van der Waals surface area contributed by atoms with E-state index < -0.39 is 5.97 Å². The Balaban J connectivity index is 1.89. The largest absolute Gasteiger partial charge is 0.478 e. The third-order valence-electron chi connectivity index (χ3n) is 4.35. The minimum Gasteiger partial charge on any atom is -0.478 e. The van der Waals surface area contributed by atoms with Gasteiger partial charge in [0.05, 0.1) is 17.7 Å². The van der Waals surface area contributed by atoms with Crippen LogP contribution in [0.4, 0.5) is 0 Å². The van der Waals surface area contributed by atoms with Crippen LogP contribution in [-0.2, 0) is 12.0 Å². The van der Waals surface area contributed by atoms with Crippen molar-refractivity contribution in [3.8, 4) is 17.1 Å². The molecule has 1 aromatic heterocycles. The van der Waals surface area contributed by atoms with Crippen molar-refractivity contribution in [1.29, 1.82) is 0 Å². The van der Waals surface area contributed by atoms with Gasteiger partial charge in [-0.3, -0.25) is 0 Å². The first-order valence-corrected chi connectivity index (χ1v) is 9.30. The fraction of sp³-hybridized carbons (Fsp3) is 0.318. The van der Waals surface area contributed by atoms with E-state index in [1.807, 2.05) is 48.0 Å². The summed E-state index contributed by atoms with van der Waals surface area (Å²) in [7, 11) is 0. The van der Waals surface area contributed by atoms with Gasteiger partial charge in [-0.15, -0.1) is 5.10 Å². The van der Waals surface area contributed by atoms with Crippen molar-refractivity contribution in [1.82, 2.24) is 14.8 Å². The topological polar surface area (TPSA) is 77.2 Å². The molecule has 0 aliphatic heterocycles. The van der Waals surface area contributed by atoms with E-state index in [9.17, 15) is 9.90 Å². The third-order valence-corrected chi connectivity index (χ3v) is 4.35. The Morgan fingerprint density at radius 1 is 1.11 bits per heavy atom. The first-order valence-electron chi connectivity index (χ1n) is 9.30. The highest BCUT2D eigenvalue weighted by Gasteiger charge is 2.22. The standard InChI is InChI=1S/C22H25N3O3/c1-5-28-21-23-19(25(24-21)22(2,3)4)14-15-10-12-16(13-11-15)17-8-6-7-9-18(17)20(26)27/h6-13H,5,14H2,1-4H3,(H,26,27). The first-order chi connectivity index (χ1) is 13.3. The summed E-state index contributed by atoms with van der Waals surface area (Å²) in [6.45, 7) is 8.66. The summed E-state index contributed by atoms with van der Waals surface area (Å²) in [6.07, 6.45) is 0.609. The molecule has 0 atom stereocenters.